The molecular weight excluding hydrogens is 513 g/mol. The maximum absolute atomic E-state index is 13.8. The predicted octanol–water partition coefficient (Wildman–Crippen LogP) is 3.74. The van der Waals surface area contributed by atoms with Gasteiger partial charge in [-0.1, -0.05) is 0 Å². The molecule has 4 aromatic rings. The van der Waals surface area contributed by atoms with Crippen molar-refractivity contribution in [1.29, 1.82) is 0 Å². The van der Waals surface area contributed by atoms with Crippen molar-refractivity contribution in [2.75, 3.05) is 50.0 Å². The number of alkyl halides is 3. The summed E-state index contributed by atoms with van der Waals surface area (Å²) in [6, 6.07) is 10.3. The second kappa shape index (κ2) is 11.6. The van der Waals surface area contributed by atoms with E-state index in [1.807, 2.05) is 0 Å². The Kier molecular flexibility index (Phi) is 7.79. The number of nitrogens with one attached hydrogen (secondary N) is 2. The van der Waals surface area contributed by atoms with E-state index in [-0.39, 0.29) is 11.5 Å². The van der Waals surface area contributed by atoms with Gasteiger partial charge < -0.3 is 15.4 Å². The van der Waals surface area contributed by atoms with Crippen LogP contribution in [0.2, 0.25) is 0 Å². The van der Waals surface area contributed by atoms with Crippen LogP contribution < -0.4 is 10.6 Å². The average Bonchev–Trinajstić information content (AvgIpc) is 3.41. The highest BCUT2D eigenvalue weighted by molar-refractivity contribution is 6.07. The minimum absolute atomic E-state index is 0.0534. The molecule has 1 saturated heterocycles. The molecular formula is C26H25F3N8O2. The van der Waals surface area contributed by atoms with Crippen molar-refractivity contribution in [3.05, 3.63) is 78.5 Å². The Labute approximate surface area is 221 Å². The fourth-order valence-electron chi connectivity index (χ4n) is 4.08. The monoisotopic (exact) mass is 538 g/mol. The van der Waals surface area contributed by atoms with E-state index in [4.69, 9.17) is 4.74 Å². The summed E-state index contributed by atoms with van der Waals surface area (Å²) in [5, 5.41) is 10.0. The number of halogens is 3. The predicted molar refractivity (Wildman–Crippen MR) is 138 cm³/mol. The molecule has 0 saturated carbocycles. The van der Waals surface area contributed by atoms with Crippen molar-refractivity contribution in [1.82, 2.24) is 29.6 Å². The lowest BCUT2D eigenvalue weighted by Gasteiger charge is -2.26. The maximum atomic E-state index is 13.8. The van der Waals surface area contributed by atoms with Gasteiger partial charge in [-0.05, 0) is 42.5 Å². The first kappa shape index (κ1) is 26.3. The smallest absolute Gasteiger partial charge is 0.379 e. The van der Waals surface area contributed by atoms with Gasteiger partial charge in [0.2, 0.25) is 0 Å². The number of nitrogens with zero attached hydrogens (tertiary/aromatic N) is 6. The van der Waals surface area contributed by atoms with E-state index in [9.17, 15) is 18.0 Å². The van der Waals surface area contributed by atoms with Crippen LogP contribution in [0.15, 0.2) is 67.3 Å². The highest BCUT2D eigenvalue weighted by atomic mass is 19.4. The zero-order valence-electron chi connectivity index (χ0n) is 20.7. The van der Waals surface area contributed by atoms with Crippen LogP contribution >= 0.6 is 0 Å². The molecule has 202 valence electrons. The van der Waals surface area contributed by atoms with Gasteiger partial charge >= 0.3 is 6.18 Å². The molecule has 10 nitrogen and oxygen atoms in total. The SMILES string of the molecule is O=C(Nc1ccc(-n2nc(-c3cccnc3)cc2C(F)(F)F)nc1)c1cccnc1NCCN1CCOCC1. The Morgan fingerprint density at radius 1 is 1.03 bits per heavy atom. The highest BCUT2D eigenvalue weighted by Gasteiger charge is 2.37. The summed E-state index contributed by atoms with van der Waals surface area (Å²) in [6.45, 7) is 4.49. The van der Waals surface area contributed by atoms with Crippen LogP contribution in [0, 0.1) is 0 Å². The zero-order chi connectivity index (χ0) is 27.2. The van der Waals surface area contributed by atoms with Gasteiger partial charge in [0.15, 0.2) is 11.5 Å². The summed E-state index contributed by atoms with van der Waals surface area (Å²) in [7, 11) is 0. The van der Waals surface area contributed by atoms with Crippen LogP contribution in [0.5, 0.6) is 0 Å². The fraction of sp³-hybridized carbons (Fsp3) is 0.269. The van der Waals surface area contributed by atoms with Crippen LogP contribution in [-0.4, -0.2) is 74.9 Å². The van der Waals surface area contributed by atoms with E-state index >= 15 is 0 Å². The number of anilines is 2. The molecule has 0 aliphatic carbocycles. The van der Waals surface area contributed by atoms with Crippen molar-refractivity contribution in [3.8, 4) is 17.1 Å². The first-order valence-corrected chi connectivity index (χ1v) is 12.2. The molecule has 0 spiro atoms. The Hall–Kier alpha value is -4.36. The molecule has 1 aliphatic heterocycles. The van der Waals surface area contributed by atoms with Crippen molar-refractivity contribution in [2.45, 2.75) is 6.18 Å². The quantitative estimate of drug-likeness (QED) is 0.349. The van der Waals surface area contributed by atoms with Crippen LogP contribution in [0.1, 0.15) is 16.1 Å². The van der Waals surface area contributed by atoms with E-state index in [1.165, 1.54) is 30.7 Å². The number of hydrogen-bond donors (Lipinski definition) is 2. The van der Waals surface area contributed by atoms with Crippen molar-refractivity contribution < 1.29 is 22.7 Å². The Morgan fingerprint density at radius 3 is 2.56 bits per heavy atom. The normalized spacial score (nSPS) is 14.2. The number of carbonyl (C=O) groups excluding carboxylic acids is 1. The molecule has 0 bridgehead atoms. The minimum Gasteiger partial charge on any atom is -0.379 e. The Balaban J connectivity index is 1.29. The molecule has 2 N–H and O–H groups in total. The van der Waals surface area contributed by atoms with Gasteiger partial charge in [-0.15, -0.1) is 0 Å². The van der Waals surface area contributed by atoms with E-state index in [1.54, 1.807) is 30.5 Å². The number of pyridine rings is 3. The lowest BCUT2D eigenvalue weighted by Crippen LogP contribution is -2.39. The second-order valence-corrected chi connectivity index (χ2v) is 8.71. The topological polar surface area (TPSA) is 110 Å². The molecule has 0 unspecified atom stereocenters. The summed E-state index contributed by atoms with van der Waals surface area (Å²) in [5.74, 6) is -0.0510. The first-order valence-electron chi connectivity index (χ1n) is 12.2. The standard InChI is InChI=1S/C26H25F3N8O2/c27-26(28,29)22-15-21(18-3-1-7-30-16-18)35-37(22)23-6-5-19(17-33-23)34-25(38)20-4-2-8-31-24(20)32-9-10-36-11-13-39-14-12-36/h1-8,15-17H,9-14H2,(H,31,32)(H,34,38). The third-order valence-corrected chi connectivity index (χ3v) is 6.06. The molecule has 0 aromatic carbocycles. The molecule has 4 aromatic heterocycles. The lowest BCUT2D eigenvalue weighted by atomic mass is 10.2. The molecule has 39 heavy (non-hydrogen) atoms. The molecule has 0 atom stereocenters. The minimum atomic E-state index is -4.66. The van der Waals surface area contributed by atoms with Gasteiger partial charge in [0, 0.05) is 50.3 Å². The molecule has 1 amide bonds. The number of amides is 1. The number of ether oxygens (including phenoxy) is 1. The van der Waals surface area contributed by atoms with Gasteiger partial charge in [0.05, 0.1) is 36.4 Å². The number of carbonyl (C=O) groups is 1. The van der Waals surface area contributed by atoms with Gasteiger partial charge in [0.25, 0.3) is 5.91 Å². The number of aromatic nitrogens is 5. The number of hydrogen-bond acceptors (Lipinski definition) is 8. The highest BCUT2D eigenvalue weighted by Crippen LogP contribution is 2.33. The molecule has 13 heteroatoms. The van der Waals surface area contributed by atoms with Crippen LogP contribution in [-0.2, 0) is 10.9 Å². The van der Waals surface area contributed by atoms with Gasteiger partial charge in [-0.3, -0.25) is 14.7 Å². The zero-order valence-corrected chi connectivity index (χ0v) is 20.7. The van der Waals surface area contributed by atoms with Crippen LogP contribution in [0.3, 0.4) is 0 Å². The lowest BCUT2D eigenvalue weighted by molar-refractivity contribution is -0.142. The van der Waals surface area contributed by atoms with Crippen molar-refractivity contribution in [3.63, 3.8) is 0 Å². The third kappa shape index (κ3) is 6.38. The van der Waals surface area contributed by atoms with E-state index in [2.05, 4.69) is 35.6 Å². The molecule has 1 aliphatic rings. The summed E-state index contributed by atoms with van der Waals surface area (Å²) < 4.78 is 47.3. The van der Waals surface area contributed by atoms with E-state index < -0.39 is 17.8 Å². The second-order valence-electron chi connectivity index (χ2n) is 8.71. The summed E-state index contributed by atoms with van der Waals surface area (Å²) in [5.41, 5.74) is 0.209. The molecule has 1 fully saturated rings. The first-order chi connectivity index (χ1) is 18.9. The average molecular weight is 539 g/mol. The van der Waals surface area contributed by atoms with Crippen molar-refractivity contribution in [2.24, 2.45) is 0 Å². The third-order valence-electron chi connectivity index (χ3n) is 6.06. The molecule has 5 rings (SSSR count). The van der Waals surface area contributed by atoms with Gasteiger partial charge in [0.1, 0.15) is 5.82 Å². The van der Waals surface area contributed by atoms with E-state index in [0.29, 0.717) is 42.4 Å². The summed E-state index contributed by atoms with van der Waals surface area (Å²) in [6.07, 6.45) is 1.17. The van der Waals surface area contributed by atoms with Crippen molar-refractivity contribution >= 4 is 17.4 Å². The maximum Gasteiger partial charge on any atom is 0.433 e. The molecule has 5 heterocycles. The van der Waals surface area contributed by atoms with E-state index in [0.717, 1.165) is 30.4 Å². The number of morpholine rings is 1. The van der Waals surface area contributed by atoms with Gasteiger partial charge in [-0.25, -0.2) is 14.6 Å². The van der Waals surface area contributed by atoms with Crippen LogP contribution in [0.4, 0.5) is 24.7 Å². The largest absolute Gasteiger partial charge is 0.433 e. The molecule has 0 radical (unpaired) electrons. The van der Waals surface area contributed by atoms with Gasteiger partial charge in [-0.2, -0.15) is 18.3 Å². The Bertz CT molecular complexity index is 1400. The number of rotatable bonds is 8. The summed E-state index contributed by atoms with van der Waals surface area (Å²) in [4.78, 5) is 27.6. The summed E-state index contributed by atoms with van der Waals surface area (Å²) >= 11 is 0. The van der Waals surface area contributed by atoms with Crippen LogP contribution in [0.25, 0.3) is 17.1 Å². The fourth-order valence-corrected chi connectivity index (χ4v) is 4.08. The Morgan fingerprint density at radius 2 is 1.85 bits per heavy atom.